The number of nitrogens with one attached hydrogen (secondary N) is 1. The third-order valence-corrected chi connectivity index (χ3v) is 5.96. The second-order valence-corrected chi connectivity index (χ2v) is 8.36. The Morgan fingerprint density at radius 1 is 1.16 bits per heavy atom. The number of carbonyl (C=O) groups excluding carboxylic acids is 1. The molecule has 2 aromatic heterocycles. The number of aryl methyl sites for hydroxylation is 2. The first-order valence-electron chi connectivity index (χ1n) is 10.9. The molecule has 1 amide bonds. The smallest absolute Gasteiger partial charge is 0.255 e. The van der Waals surface area contributed by atoms with Crippen molar-refractivity contribution < 1.29 is 4.79 Å². The molecule has 1 N–H and O–H groups in total. The van der Waals surface area contributed by atoms with E-state index in [4.69, 9.17) is 11.6 Å². The number of benzene rings is 1. The van der Waals surface area contributed by atoms with Gasteiger partial charge in [-0.15, -0.1) is 0 Å². The predicted molar refractivity (Wildman–Crippen MR) is 124 cm³/mol. The van der Waals surface area contributed by atoms with Gasteiger partial charge in [-0.05, 0) is 62.8 Å². The van der Waals surface area contributed by atoms with Crippen LogP contribution in [0.3, 0.4) is 0 Å². The third-order valence-electron chi connectivity index (χ3n) is 5.67. The van der Waals surface area contributed by atoms with Gasteiger partial charge in [0.2, 0.25) is 0 Å². The molecule has 162 valence electrons. The van der Waals surface area contributed by atoms with E-state index in [-0.39, 0.29) is 5.91 Å². The van der Waals surface area contributed by atoms with E-state index < -0.39 is 0 Å². The molecule has 0 radical (unpaired) electrons. The quantitative estimate of drug-likeness (QED) is 0.534. The first kappa shape index (κ1) is 21.4. The van der Waals surface area contributed by atoms with Crippen LogP contribution in [-0.2, 0) is 6.42 Å². The number of halogens is 1. The van der Waals surface area contributed by atoms with Gasteiger partial charge in [0, 0.05) is 32.0 Å². The number of nitrogens with zero attached hydrogens (tertiary/aromatic N) is 4. The number of hydrogen-bond acceptors (Lipinski definition) is 4. The van der Waals surface area contributed by atoms with Crippen molar-refractivity contribution in [1.82, 2.24) is 19.7 Å². The maximum atomic E-state index is 12.6. The fourth-order valence-corrected chi connectivity index (χ4v) is 4.14. The Kier molecular flexibility index (Phi) is 6.87. The Labute approximate surface area is 188 Å². The van der Waals surface area contributed by atoms with Gasteiger partial charge in [0.15, 0.2) is 0 Å². The maximum Gasteiger partial charge on any atom is 0.255 e. The lowest BCUT2D eigenvalue weighted by Crippen LogP contribution is -2.35. The molecule has 1 aliphatic rings. The monoisotopic (exact) mass is 437 g/mol. The second-order valence-electron chi connectivity index (χ2n) is 7.96. The van der Waals surface area contributed by atoms with Crippen LogP contribution in [0.4, 0.5) is 5.82 Å². The number of rotatable bonds is 7. The molecule has 0 unspecified atom stereocenters. The molecule has 0 spiro atoms. The van der Waals surface area contributed by atoms with Gasteiger partial charge in [0.1, 0.15) is 5.82 Å². The molecule has 1 aromatic carbocycles. The van der Waals surface area contributed by atoms with Crippen LogP contribution in [0.2, 0.25) is 5.02 Å². The molecule has 1 aliphatic heterocycles. The van der Waals surface area contributed by atoms with Crippen LogP contribution >= 0.6 is 11.6 Å². The lowest BCUT2D eigenvalue weighted by molar-refractivity contribution is 0.0724. The first-order chi connectivity index (χ1) is 15.1. The summed E-state index contributed by atoms with van der Waals surface area (Å²) in [5.41, 5.74) is 3.89. The molecule has 0 aliphatic carbocycles. The Balaban J connectivity index is 1.30. The Morgan fingerprint density at radius 2 is 1.94 bits per heavy atom. The summed E-state index contributed by atoms with van der Waals surface area (Å²) in [5.74, 6) is 0.639. The lowest BCUT2D eigenvalue weighted by atomic mass is 10.1. The van der Waals surface area contributed by atoms with Crippen molar-refractivity contribution in [2.24, 2.45) is 0 Å². The van der Waals surface area contributed by atoms with Crippen LogP contribution in [0.1, 0.15) is 47.3 Å². The van der Waals surface area contributed by atoms with E-state index in [0.29, 0.717) is 16.4 Å². The summed E-state index contributed by atoms with van der Waals surface area (Å²) >= 11 is 6.40. The summed E-state index contributed by atoms with van der Waals surface area (Å²) in [6.07, 6.45) is 8.88. The van der Waals surface area contributed by atoms with Gasteiger partial charge in [0.05, 0.1) is 22.0 Å². The molecule has 3 aromatic rings. The van der Waals surface area contributed by atoms with Gasteiger partial charge in [-0.3, -0.25) is 4.79 Å². The summed E-state index contributed by atoms with van der Waals surface area (Å²) in [4.78, 5) is 18.9. The molecular weight excluding hydrogens is 410 g/mol. The van der Waals surface area contributed by atoms with Crippen LogP contribution in [0, 0.1) is 6.92 Å². The number of aromatic nitrogens is 3. The van der Waals surface area contributed by atoms with Crippen LogP contribution in [-0.4, -0.2) is 45.2 Å². The molecule has 0 saturated carbocycles. The van der Waals surface area contributed by atoms with E-state index in [2.05, 4.69) is 21.6 Å². The highest BCUT2D eigenvalue weighted by atomic mass is 35.5. The summed E-state index contributed by atoms with van der Waals surface area (Å²) in [6, 6.07) is 11.8. The normalized spacial score (nSPS) is 13.9. The number of carbonyl (C=O) groups is 1. The highest BCUT2D eigenvalue weighted by Crippen LogP contribution is 2.22. The highest BCUT2D eigenvalue weighted by Gasteiger charge is 2.19. The summed E-state index contributed by atoms with van der Waals surface area (Å²) < 4.78 is 1.93. The van der Waals surface area contributed by atoms with Crippen molar-refractivity contribution in [3.63, 3.8) is 0 Å². The van der Waals surface area contributed by atoms with Crippen molar-refractivity contribution >= 4 is 23.3 Å². The summed E-state index contributed by atoms with van der Waals surface area (Å²) in [7, 11) is 0. The predicted octanol–water partition coefficient (Wildman–Crippen LogP) is 4.90. The Hall–Kier alpha value is -2.86. The average molecular weight is 438 g/mol. The number of para-hydroxylation sites is 1. The number of anilines is 1. The van der Waals surface area contributed by atoms with Crippen molar-refractivity contribution in [2.75, 3.05) is 25.0 Å². The van der Waals surface area contributed by atoms with Gasteiger partial charge in [-0.2, -0.15) is 5.10 Å². The van der Waals surface area contributed by atoms with E-state index in [1.807, 2.05) is 46.8 Å². The lowest BCUT2D eigenvalue weighted by Gasteiger charge is -2.26. The molecule has 7 heteroatoms. The van der Waals surface area contributed by atoms with Crippen molar-refractivity contribution in [3.05, 3.63) is 70.6 Å². The van der Waals surface area contributed by atoms with Gasteiger partial charge in [-0.1, -0.05) is 29.8 Å². The molecular formula is C24H28ClN5O. The summed E-state index contributed by atoms with van der Waals surface area (Å²) in [6.45, 7) is 4.41. The number of hydrogen-bond donors (Lipinski definition) is 1. The zero-order valence-electron chi connectivity index (χ0n) is 17.9. The molecule has 31 heavy (non-hydrogen) atoms. The molecule has 1 saturated heterocycles. The SMILES string of the molecule is Cc1nn(-c2ccccc2)cc1CCCNc1ncc(C(=O)N2CCCCC2)cc1Cl. The zero-order chi connectivity index (χ0) is 21.6. The van der Waals surface area contributed by atoms with Crippen molar-refractivity contribution in [2.45, 2.75) is 39.0 Å². The van der Waals surface area contributed by atoms with E-state index in [1.165, 1.54) is 12.0 Å². The van der Waals surface area contributed by atoms with E-state index >= 15 is 0 Å². The van der Waals surface area contributed by atoms with Gasteiger partial charge in [-0.25, -0.2) is 9.67 Å². The van der Waals surface area contributed by atoms with Crippen LogP contribution < -0.4 is 5.32 Å². The fraction of sp³-hybridized carbons (Fsp3) is 0.375. The van der Waals surface area contributed by atoms with Crippen LogP contribution in [0.15, 0.2) is 48.8 Å². The minimum Gasteiger partial charge on any atom is -0.369 e. The average Bonchev–Trinajstić information content (AvgIpc) is 3.18. The largest absolute Gasteiger partial charge is 0.369 e. The maximum absolute atomic E-state index is 12.6. The zero-order valence-corrected chi connectivity index (χ0v) is 18.6. The van der Waals surface area contributed by atoms with Crippen LogP contribution in [0.5, 0.6) is 0 Å². The Morgan fingerprint density at radius 3 is 2.68 bits per heavy atom. The Bertz CT molecular complexity index is 1030. The van der Waals surface area contributed by atoms with Gasteiger partial charge >= 0.3 is 0 Å². The topological polar surface area (TPSA) is 63.1 Å². The first-order valence-corrected chi connectivity index (χ1v) is 11.3. The van der Waals surface area contributed by atoms with Gasteiger partial charge in [0.25, 0.3) is 5.91 Å². The highest BCUT2D eigenvalue weighted by molar-refractivity contribution is 6.33. The number of amides is 1. The molecule has 0 atom stereocenters. The second kappa shape index (κ2) is 9.96. The van der Waals surface area contributed by atoms with E-state index in [1.54, 1.807) is 12.3 Å². The molecule has 4 rings (SSSR count). The van der Waals surface area contributed by atoms with Crippen molar-refractivity contribution in [3.8, 4) is 5.69 Å². The number of likely N-dealkylation sites (tertiary alicyclic amines) is 1. The minimum absolute atomic E-state index is 0.0200. The van der Waals surface area contributed by atoms with E-state index in [9.17, 15) is 4.79 Å². The van der Waals surface area contributed by atoms with Gasteiger partial charge < -0.3 is 10.2 Å². The molecule has 6 nitrogen and oxygen atoms in total. The third kappa shape index (κ3) is 5.25. The minimum atomic E-state index is 0.0200. The number of piperidine rings is 1. The summed E-state index contributed by atoms with van der Waals surface area (Å²) in [5, 5.41) is 8.40. The standard InChI is InChI=1S/C24H28ClN5O/c1-18-19(17-30(28-18)21-10-4-2-5-11-21)9-8-12-26-23-22(25)15-20(16-27-23)24(31)29-13-6-3-7-14-29/h2,4-5,10-11,15-17H,3,6-9,12-14H2,1H3,(H,26,27). The molecule has 0 bridgehead atoms. The van der Waals surface area contributed by atoms with Crippen LogP contribution in [0.25, 0.3) is 5.69 Å². The van der Waals surface area contributed by atoms with E-state index in [0.717, 1.165) is 56.7 Å². The molecule has 3 heterocycles. The van der Waals surface area contributed by atoms with Crippen molar-refractivity contribution in [1.29, 1.82) is 0 Å². The number of pyridine rings is 1. The molecule has 1 fully saturated rings. The fourth-order valence-electron chi connectivity index (χ4n) is 3.90.